The summed E-state index contributed by atoms with van der Waals surface area (Å²) in [6, 6.07) is 5.37. The Morgan fingerprint density at radius 2 is 2.00 bits per heavy atom. The summed E-state index contributed by atoms with van der Waals surface area (Å²) >= 11 is 0. The largest absolute Gasteiger partial charge is 0.264 e. The second-order valence-corrected chi connectivity index (χ2v) is 3.83. The molecule has 1 nitrogen and oxygen atoms in total. The molecular weight excluding hydrogens is 177 g/mol. The number of fused-ring (bicyclic) bond motifs is 1. The minimum Gasteiger partial charge on any atom is -0.264 e. The molecule has 70 valence electrons. The number of hydrogen-bond acceptors (Lipinski definition) is 1. The van der Waals surface area contributed by atoms with Crippen molar-refractivity contribution in [3.8, 4) is 0 Å². The summed E-state index contributed by atoms with van der Waals surface area (Å²) in [7, 11) is 0. The van der Waals surface area contributed by atoms with Crippen LogP contribution in [0.1, 0.15) is 24.3 Å². The lowest BCUT2D eigenvalue weighted by Gasteiger charge is -2.04. The molecule has 0 spiro atoms. The quantitative estimate of drug-likeness (QED) is 0.667. The Kier molecular flexibility index (Phi) is 1.57. The Bertz CT molecular complexity index is 489. The van der Waals surface area contributed by atoms with E-state index in [2.05, 4.69) is 4.98 Å². The first-order valence-corrected chi connectivity index (χ1v) is 4.88. The number of aromatic nitrogens is 1. The van der Waals surface area contributed by atoms with Gasteiger partial charge < -0.3 is 0 Å². The zero-order valence-electron chi connectivity index (χ0n) is 7.70. The first kappa shape index (κ1) is 7.92. The molecule has 3 rings (SSSR count). The number of pyridine rings is 1. The highest BCUT2D eigenvalue weighted by Gasteiger charge is 2.25. The van der Waals surface area contributed by atoms with Crippen LogP contribution in [0.2, 0.25) is 0 Å². The van der Waals surface area contributed by atoms with Crippen LogP contribution in [0.15, 0.2) is 30.6 Å². The predicted octanol–water partition coefficient (Wildman–Crippen LogP) is 3.25. The van der Waals surface area contributed by atoms with E-state index >= 15 is 0 Å². The monoisotopic (exact) mass is 187 g/mol. The van der Waals surface area contributed by atoms with Crippen molar-refractivity contribution in [3.05, 3.63) is 42.0 Å². The molecule has 0 N–H and O–H groups in total. The molecule has 1 saturated carbocycles. The third-order valence-electron chi connectivity index (χ3n) is 2.82. The molecular formula is C12H10FN. The Morgan fingerprint density at radius 1 is 1.14 bits per heavy atom. The molecule has 0 radical (unpaired) electrons. The fourth-order valence-electron chi connectivity index (χ4n) is 1.93. The molecule has 2 aromatic rings. The number of benzene rings is 1. The second-order valence-electron chi connectivity index (χ2n) is 3.83. The van der Waals surface area contributed by atoms with Gasteiger partial charge in [-0.1, -0.05) is 6.07 Å². The Balaban J connectivity index is 2.35. The maximum absolute atomic E-state index is 13.4. The predicted molar refractivity (Wildman–Crippen MR) is 53.7 cm³/mol. The molecule has 1 aromatic carbocycles. The van der Waals surface area contributed by atoms with E-state index in [1.54, 1.807) is 18.5 Å². The molecule has 14 heavy (non-hydrogen) atoms. The van der Waals surface area contributed by atoms with E-state index in [1.165, 1.54) is 18.4 Å². The van der Waals surface area contributed by atoms with Crippen molar-refractivity contribution in [2.45, 2.75) is 18.8 Å². The molecule has 1 aliphatic carbocycles. The van der Waals surface area contributed by atoms with Crippen LogP contribution >= 0.6 is 0 Å². The van der Waals surface area contributed by atoms with Gasteiger partial charge in [0.2, 0.25) is 0 Å². The molecule has 0 amide bonds. The molecule has 2 heteroatoms. The second kappa shape index (κ2) is 2.77. The van der Waals surface area contributed by atoms with Crippen molar-refractivity contribution >= 4 is 10.8 Å². The van der Waals surface area contributed by atoms with E-state index in [9.17, 15) is 4.39 Å². The van der Waals surface area contributed by atoms with Gasteiger partial charge in [-0.05, 0) is 41.8 Å². The smallest absolute Gasteiger partial charge is 0.132 e. The van der Waals surface area contributed by atoms with Gasteiger partial charge in [0, 0.05) is 17.8 Å². The van der Waals surface area contributed by atoms with Crippen molar-refractivity contribution in [1.29, 1.82) is 0 Å². The van der Waals surface area contributed by atoms with Crippen LogP contribution in [0.5, 0.6) is 0 Å². The van der Waals surface area contributed by atoms with Gasteiger partial charge in [0.25, 0.3) is 0 Å². The van der Waals surface area contributed by atoms with Gasteiger partial charge in [-0.25, -0.2) is 4.39 Å². The zero-order valence-corrected chi connectivity index (χ0v) is 7.70. The maximum Gasteiger partial charge on any atom is 0.132 e. The van der Waals surface area contributed by atoms with Crippen LogP contribution in [-0.4, -0.2) is 4.98 Å². The highest BCUT2D eigenvalue weighted by Crippen LogP contribution is 2.43. The summed E-state index contributed by atoms with van der Waals surface area (Å²) in [4.78, 5) is 3.95. The standard InChI is InChI=1S/C12H10FN/c13-12-4-3-9(8-1-2-8)10-5-6-14-7-11(10)12/h3-8H,1-2H2. The molecule has 1 aliphatic rings. The van der Waals surface area contributed by atoms with E-state index < -0.39 is 0 Å². The average molecular weight is 187 g/mol. The summed E-state index contributed by atoms with van der Waals surface area (Å²) < 4.78 is 13.4. The van der Waals surface area contributed by atoms with E-state index in [4.69, 9.17) is 0 Å². The van der Waals surface area contributed by atoms with Crippen LogP contribution in [-0.2, 0) is 0 Å². The molecule has 0 saturated heterocycles. The topological polar surface area (TPSA) is 12.9 Å². The number of nitrogens with zero attached hydrogens (tertiary/aromatic N) is 1. The highest BCUT2D eigenvalue weighted by atomic mass is 19.1. The summed E-state index contributed by atoms with van der Waals surface area (Å²) in [6.45, 7) is 0. The van der Waals surface area contributed by atoms with Gasteiger partial charge in [0.15, 0.2) is 0 Å². The van der Waals surface area contributed by atoms with E-state index in [-0.39, 0.29) is 5.82 Å². The van der Waals surface area contributed by atoms with Gasteiger partial charge >= 0.3 is 0 Å². The Morgan fingerprint density at radius 3 is 2.79 bits per heavy atom. The zero-order chi connectivity index (χ0) is 9.54. The van der Waals surface area contributed by atoms with Crippen LogP contribution < -0.4 is 0 Å². The van der Waals surface area contributed by atoms with Crippen molar-refractivity contribution in [2.24, 2.45) is 0 Å². The molecule has 0 aliphatic heterocycles. The molecule has 0 unspecified atom stereocenters. The SMILES string of the molecule is Fc1ccc(C2CC2)c2ccncc12. The first-order chi connectivity index (χ1) is 6.86. The molecule has 0 atom stereocenters. The van der Waals surface area contributed by atoms with E-state index in [0.717, 1.165) is 5.39 Å². The minimum absolute atomic E-state index is 0.169. The summed E-state index contributed by atoms with van der Waals surface area (Å²) in [6.07, 6.45) is 5.82. The fraction of sp³-hybridized carbons (Fsp3) is 0.250. The molecule has 1 fully saturated rings. The fourth-order valence-corrected chi connectivity index (χ4v) is 1.93. The highest BCUT2D eigenvalue weighted by molar-refractivity contribution is 5.86. The maximum atomic E-state index is 13.4. The van der Waals surface area contributed by atoms with Gasteiger partial charge in [-0.3, -0.25) is 4.98 Å². The van der Waals surface area contributed by atoms with Gasteiger partial charge in [0.05, 0.1) is 0 Å². The van der Waals surface area contributed by atoms with Crippen molar-refractivity contribution in [2.75, 3.05) is 0 Å². The lowest BCUT2D eigenvalue weighted by molar-refractivity contribution is 0.639. The summed E-state index contributed by atoms with van der Waals surface area (Å²) in [5.74, 6) is 0.484. The third-order valence-corrected chi connectivity index (χ3v) is 2.82. The van der Waals surface area contributed by atoms with Gasteiger partial charge in [0.1, 0.15) is 5.82 Å². The van der Waals surface area contributed by atoms with E-state index in [0.29, 0.717) is 11.3 Å². The van der Waals surface area contributed by atoms with E-state index in [1.807, 2.05) is 12.1 Å². The number of halogens is 1. The lowest BCUT2D eigenvalue weighted by atomic mass is 10.0. The number of rotatable bonds is 1. The van der Waals surface area contributed by atoms with Gasteiger partial charge in [-0.2, -0.15) is 0 Å². The van der Waals surface area contributed by atoms with Crippen LogP contribution in [0, 0.1) is 5.82 Å². The van der Waals surface area contributed by atoms with Crippen LogP contribution in [0.25, 0.3) is 10.8 Å². The Hall–Kier alpha value is -1.44. The summed E-state index contributed by atoms with van der Waals surface area (Å²) in [5, 5.41) is 1.68. The molecule has 0 bridgehead atoms. The summed E-state index contributed by atoms with van der Waals surface area (Å²) in [5.41, 5.74) is 1.28. The van der Waals surface area contributed by atoms with Crippen LogP contribution in [0.3, 0.4) is 0 Å². The van der Waals surface area contributed by atoms with Crippen molar-refractivity contribution < 1.29 is 4.39 Å². The van der Waals surface area contributed by atoms with Crippen molar-refractivity contribution in [1.82, 2.24) is 4.98 Å². The number of hydrogen-bond donors (Lipinski definition) is 0. The molecule has 1 heterocycles. The minimum atomic E-state index is -0.169. The average Bonchev–Trinajstić information content (AvgIpc) is 3.03. The third kappa shape index (κ3) is 1.10. The van der Waals surface area contributed by atoms with Crippen LogP contribution in [0.4, 0.5) is 4.39 Å². The molecule has 1 aromatic heterocycles. The van der Waals surface area contributed by atoms with Gasteiger partial charge in [-0.15, -0.1) is 0 Å². The van der Waals surface area contributed by atoms with Crippen molar-refractivity contribution in [3.63, 3.8) is 0 Å². The first-order valence-electron chi connectivity index (χ1n) is 4.88. The normalized spacial score (nSPS) is 16.1. The lowest BCUT2D eigenvalue weighted by Crippen LogP contribution is -1.87. The Labute approximate surface area is 81.6 Å².